The highest BCUT2D eigenvalue weighted by Gasteiger charge is 2.05. The Kier molecular flexibility index (Phi) is 3.79. The molecule has 5 nitrogen and oxygen atoms in total. The fourth-order valence-electron chi connectivity index (χ4n) is 1.31. The number of nitrogens with zero attached hydrogens (tertiary/aromatic N) is 1. The molecule has 0 spiro atoms. The SMILES string of the molecule is Cc1nc(CCN)c(=O)[nH]c1CCN. The van der Waals surface area contributed by atoms with Gasteiger partial charge in [0.15, 0.2) is 0 Å². The number of nitrogens with one attached hydrogen (secondary N) is 1. The fraction of sp³-hybridized carbons (Fsp3) is 0.556. The monoisotopic (exact) mass is 196 g/mol. The number of nitrogens with two attached hydrogens (primary N) is 2. The molecular formula is C9H16N4O. The maximum Gasteiger partial charge on any atom is 0.269 e. The normalized spacial score (nSPS) is 10.5. The molecule has 1 rings (SSSR count). The molecule has 0 aromatic carbocycles. The van der Waals surface area contributed by atoms with E-state index in [1.54, 1.807) is 0 Å². The Morgan fingerprint density at radius 2 is 1.93 bits per heavy atom. The van der Waals surface area contributed by atoms with Gasteiger partial charge in [-0.3, -0.25) is 9.78 Å². The number of H-pyrrole nitrogens is 1. The first-order chi connectivity index (χ1) is 6.69. The summed E-state index contributed by atoms with van der Waals surface area (Å²) in [5.41, 5.74) is 12.8. The number of hydrogen-bond acceptors (Lipinski definition) is 4. The number of aryl methyl sites for hydroxylation is 1. The average molecular weight is 196 g/mol. The molecule has 5 N–H and O–H groups in total. The third-order valence-corrected chi connectivity index (χ3v) is 2.04. The summed E-state index contributed by atoms with van der Waals surface area (Å²) in [6, 6.07) is 0. The standard InChI is InChI=1S/C9H16N4O/c1-6-7(2-4-10)13-9(14)8(12-6)3-5-11/h2-5,10-11H2,1H3,(H,13,14). The van der Waals surface area contributed by atoms with Gasteiger partial charge in [0.1, 0.15) is 5.69 Å². The lowest BCUT2D eigenvalue weighted by Gasteiger charge is -2.05. The Morgan fingerprint density at radius 1 is 1.29 bits per heavy atom. The van der Waals surface area contributed by atoms with Crippen LogP contribution in [-0.2, 0) is 12.8 Å². The highest BCUT2D eigenvalue weighted by atomic mass is 16.1. The Balaban J connectivity index is 3.04. The molecule has 78 valence electrons. The number of hydrogen-bond donors (Lipinski definition) is 3. The minimum Gasteiger partial charge on any atom is -0.330 e. The minimum absolute atomic E-state index is 0.149. The van der Waals surface area contributed by atoms with Crippen LogP contribution in [-0.4, -0.2) is 23.1 Å². The van der Waals surface area contributed by atoms with E-state index in [9.17, 15) is 4.79 Å². The molecule has 1 aromatic heterocycles. The van der Waals surface area contributed by atoms with Crippen molar-refractivity contribution in [2.24, 2.45) is 11.5 Å². The summed E-state index contributed by atoms with van der Waals surface area (Å²) in [6.45, 7) is 2.81. The Bertz CT molecular complexity index is 358. The molecule has 1 aromatic rings. The topological polar surface area (TPSA) is 97.8 Å². The number of aromatic nitrogens is 2. The quantitative estimate of drug-likeness (QED) is 0.580. The van der Waals surface area contributed by atoms with Gasteiger partial charge in [-0.15, -0.1) is 0 Å². The van der Waals surface area contributed by atoms with Crippen LogP contribution in [0.2, 0.25) is 0 Å². The van der Waals surface area contributed by atoms with Gasteiger partial charge in [-0.05, 0) is 20.0 Å². The highest BCUT2D eigenvalue weighted by Crippen LogP contribution is 1.99. The van der Waals surface area contributed by atoms with E-state index in [1.807, 2.05) is 6.92 Å². The lowest BCUT2D eigenvalue weighted by atomic mass is 10.2. The van der Waals surface area contributed by atoms with Crippen LogP contribution in [0.1, 0.15) is 17.1 Å². The summed E-state index contributed by atoms with van der Waals surface area (Å²) in [5, 5.41) is 0. The van der Waals surface area contributed by atoms with Gasteiger partial charge >= 0.3 is 0 Å². The van der Waals surface area contributed by atoms with Gasteiger partial charge in [0.2, 0.25) is 0 Å². The highest BCUT2D eigenvalue weighted by molar-refractivity contribution is 5.13. The van der Waals surface area contributed by atoms with Crippen LogP contribution in [0, 0.1) is 6.92 Å². The molecule has 0 atom stereocenters. The van der Waals surface area contributed by atoms with Crippen molar-refractivity contribution in [3.63, 3.8) is 0 Å². The minimum atomic E-state index is -0.149. The molecule has 0 fully saturated rings. The molecule has 0 saturated carbocycles. The Morgan fingerprint density at radius 3 is 2.50 bits per heavy atom. The lowest BCUT2D eigenvalue weighted by Crippen LogP contribution is -2.22. The second-order valence-corrected chi connectivity index (χ2v) is 3.15. The van der Waals surface area contributed by atoms with Gasteiger partial charge in [0, 0.05) is 18.5 Å². The van der Waals surface area contributed by atoms with Crippen LogP contribution in [0.25, 0.3) is 0 Å². The van der Waals surface area contributed by atoms with Crippen LogP contribution in [0.15, 0.2) is 4.79 Å². The zero-order valence-corrected chi connectivity index (χ0v) is 8.34. The van der Waals surface area contributed by atoms with Gasteiger partial charge in [-0.2, -0.15) is 0 Å². The van der Waals surface area contributed by atoms with Gasteiger partial charge in [-0.1, -0.05) is 0 Å². The van der Waals surface area contributed by atoms with E-state index < -0.39 is 0 Å². The molecule has 0 saturated heterocycles. The first-order valence-corrected chi connectivity index (χ1v) is 4.67. The van der Waals surface area contributed by atoms with Crippen molar-refractivity contribution in [1.29, 1.82) is 0 Å². The van der Waals surface area contributed by atoms with E-state index >= 15 is 0 Å². The largest absolute Gasteiger partial charge is 0.330 e. The summed E-state index contributed by atoms with van der Waals surface area (Å²) in [6.07, 6.45) is 1.16. The summed E-state index contributed by atoms with van der Waals surface area (Å²) < 4.78 is 0. The van der Waals surface area contributed by atoms with E-state index in [2.05, 4.69) is 9.97 Å². The summed E-state index contributed by atoms with van der Waals surface area (Å²) in [4.78, 5) is 18.4. The zero-order valence-electron chi connectivity index (χ0n) is 8.34. The second kappa shape index (κ2) is 4.88. The molecule has 0 amide bonds. The van der Waals surface area contributed by atoms with Crippen LogP contribution >= 0.6 is 0 Å². The van der Waals surface area contributed by atoms with Gasteiger partial charge in [0.05, 0.1) is 5.69 Å². The molecule has 0 unspecified atom stereocenters. The van der Waals surface area contributed by atoms with E-state index in [0.29, 0.717) is 31.6 Å². The van der Waals surface area contributed by atoms with Crippen LogP contribution in [0.3, 0.4) is 0 Å². The predicted molar refractivity (Wildman–Crippen MR) is 55.1 cm³/mol. The van der Waals surface area contributed by atoms with E-state index in [-0.39, 0.29) is 5.56 Å². The molecule has 0 aliphatic rings. The van der Waals surface area contributed by atoms with E-state index in [0.717, 1.165) is 11.4 Å². The molecule has 0 aliphatic carbocycles. The second-order valence-electron chi connectivity index (χ2n) is 3.15. The Hall–Kier alpha value is -1.20. The molecular weight excluding hydrogens is 180 g/mol. The van der Waals surface area contributed by atoms with Crippen molar-refractivity contribution in [1.82, 2.24) is 9.97 Å². The van der Waals surface area contributed by atoms with Crippen molar-refractivity contribution < 1.29 is 0 Å². The van der Waals surface area contributed by atoms with Crippen LogP contribution in [0.4, 0.5) is 0 Å². The molecule has 0 bridgehead atoms. The maximum atomic E-state index is 11.4. The summed E-state index contributed by atoms with van der Waals surface area (Å²) >= 11 is 0. The summed E-state index contributed by atoms with van der Waals surface area (Å²) in [5.74, 6) is 0. The molecule has 1 heterocycles. The van der Waals surface area contributed by atoms with E-state index in [1.165, 1.54) is 0 Å². The fourth-order valence-corrected chi connectivity index (χ4v) is 1.31. The van der Waals surface area contributed by atoms with Crippen molar-refractivity contribution in [2.45, 2.75) is 19.8 Å². The first kappa shape index (κ1) is 10.9. The Labute approximate surface area is 82.5 Å². The van der Waals surface area contributed by atoms with Gasteiger partial charge in [-0.25, -0.2) is 0 Å². The van der Waals surface area contributed by atoms with Crippen molar-refractivity contribution in [3.05, 3.63) is 27.4 Å². The third-order valence-electron chi connectivity index (χ3n) is 2.04. The van der Waals surface area contributed by atoms with Crippen molar-refractivity contribution in [3.8, 4) is 0 Å². The van der Waals surface area contributed by atoms with Crippen LogP contribution in [0.5, 0.6) is 0 Å². The predicted octanol–water partition coefficient (Wildman–Crippen LogP) is -0.919. The van der Waals surface area contributed by atoms with Gasteiger partial charge < -0.3 is 16.5 Å². The maximum absolute atomic E-state index is 11.4. The zero-order chi connectivity index (χ0) is 10.6. The lowest BCUT2D eigenvalue weighted by molar-refractivity contribution is 0.820. The number of aromatic amines is 1. The molecule has 0 radical (unpaired) electrons. The van der Waals surface area contributed by atoms with E-state index in [4.69, 9.17) is 11.5 Å². The third kappa shape index (κ3) is 2.40. The smallest absolute Gasteiger partial charge is 0.269 e. The van der Waals surface area contributed by atoms with Crippen LogP contribution < -0.4 is 17.0 Å². The molecule has 0 aliphatic heterocycles. The number of rotatable bonds is 4. The summed E-state index contributed by atoms with van der Waals surface area (Å²) in [7, 11) is 0. The van der Waals surface area contributed by atoms with Crippen molar-refractivity contribution in [2.75, 3.05) is 13.1 Å². The van der Waals surface area contributed by atoms with Gasteiger partial charge in [0.25, 0.3) is 5.56 Å². The first-order valence-electron chi connectivity index (χ1n) is 4.67. The molecule has 14 heavy (non-hydrogen) atoms. The van der Waals surface area contributed by atoms with Crippen molar-refractivity contribution >= 4 is 0 Å². The average Bonchev–Trinajstić information content (AvgIpc) is 2.14. The molecule has 5 heteroatoms.